The quantitative estimate of drug-likeness (QED) is 0.586. The number of ketones is 1. The molecule has 4 heteroatoms. The van der Waals surface area contributed by atoms with E-state index >= 15 is 0 Å². The summed E-state index contributed by atoms with van der Waals surface area (Å²) in [6.45, 7) is 1.02. The van der Waals surface area contributed by atoms with Gasteiger partial charge in [-0.1, -0.05) is 0 Å². The van der Waals surface area contributed by atoms with E-state index in [2.05, 4.69) is 16.9 Å². The summed E-state index contributed by atoms with van der Waals surface area (Å²) >= 11 is 1.71. The normalized spacial score (nSPS) is 26.6. The maximum absolute atomic E-state index is 12.2. The van der Waals surface area contributed by atoms with Crippen molar-refractivity contribution in [2.45, 2.75) is 17.7 Å². The van der Waals surface area contributed by atoms with E-state index in [9.17, 15) is 4.79 Å². The minimum atomic E-state index is 0.169. The van der Waals surface area contributed by atoms with Crippen LogP contribution in [-0.2, 0) is 0 Å². The van der Waals surface area contributed by atoms with Crippen LogP contribution in [0.4, 0.5) is 0 Å². The van der Waals surface area contributed by atoms with Gasteiger partial charge in [-0.15, -0.1) is 0 Å². The summed E-state index contributed by atoms with van der Waals surface area (Å²) in [6, 6.07) is 5.54. The van der Waals surface area contributed by atoms with Crippen molar-refractivity contribution in [2.75, 3.05) is 13.6 Å². The number of carbonyl (C=O) groups excluding carboxylic acids is 1. The zero-order chi connectivity index (χ0) is 11.5. The number of carbonyl (C=O) groups is 1. The van der Waals surface area contributed by atoms with E-state index in [1.165, 1.54) is 0 Å². The van der Waals surface area contributed by atoms with Gasteiger partial charge >= 0.3 is 105 Å². The number of likely N-dealkylation sites (tertiary alicyclic amines) is 1. The second kappa shape index (κ2) is 5.11. The summed E-state index contributed by atoms with van der Waals surface area (Å²) in [6.07, 6.45) is 3.63. The molecular weight excluding hydrogens is 263 g/mol. The zero-order valence-corrected chi connectivity index (χ0v) is 11.9. The van der Waals surface area contributed by atoms with Crippen LogP contribution in [0.1, 0.15) is 23.3 Å². The van der Waals surface area contributed by atoms with Gasteiger partial charge in [0, 0.05) is 0 Å². The van der Waals surface area contributed by atoms with Crippen LogP contribution < -0.4 is 0 Å². The topological polar surface area (TPSA) is 33.2 Å². The molecule has 0 aliphatic carbocycles. The third-order valence-corrected chi connectivity index (χ3v) is 4.85. The second-order valence-corrected chi connectivity index (χ2v) is 5.96. The molecule has 0 bridgehead atoms. The molecule has 1 fully saturated rings. The van der Waals surface area contributed by atoms with Crippen molar-refractivity contribution in [2.24, 2.45) is 5.92 Å². The molecule has 1 aromatic heterocycles. The van der Waals surface area contributed by atoms with Gasteiger partial charge in [-0.05, 0) is 0 Å². The van der Waals surface area contributed by atoms with E-state index < -0.39 is 0 Å². The summed E-state index contributed by atoms with van der Waals surface area (Å²) < 4.78 is 0. The first kappa shape index (κ1) is 11.8. The van der Waals surface area contributed by atoms with Crippen LogP contribution in [0.3, 0.4) is 0 Å². The molecule has 0 N–H and O–H groups in total. The molecule has 1 saturated heterocycles. The van der Waals surface area contributed by atoms with Crippen molar-refractivity contribution in [1.82, 2.24) is 9.88 Å². The molecule has 3 atom stereocenters. The average Bonchev–Trinajstić information content (AvgIpc) is 2.33. The van der Waals surface area contributed by atoms with E-state index in [0.29, 0.717) is 10.5 Å². The Morgan fingerprint density at radius 2 is 2.38 bits per heavy atom. The number of rotatable bonds is 2. The molecule has 0 amide bonds. The van der Waals surface area contributed by atoms with Crippen molar-refractivity contribution in [3.8, 4) is 0 Å². The van der Waals surface area contributed by atoms with E-state index in [4.69, 9.17) is 0 Å². The maximum atomic E-state index is 12.2. The Balaban J connectivity index is 2.06. The molecule has 1 aliphatic rings. The van der Waals surface area contributed by atoms with Crippen LogP contribution in [0.25, 0.3) is 0 Å². The van der Waals surface area contributed by atoms with Gasteiger partial charge in [0.05, 0.1) is 0 Å². The van der Waals surface area contributed by atoms with Gasteiger partial charge in [-0.25, -0.2) is 0 Å². The molecule has 1 aliphatic heterocycles. The summed E-state index contributed by atoms with van der Waals surface area (Å²) in [4.78, 5) is 19.2. The molecule has 0 spiro atoms. The van der Waals surface area contributed by atoms with Gasteiger partial charge in [0.25, 0.3) is 0 Å². The van der Waals surface area contributed by atoms with E-state index in [-0.39, 0.29) is 11.7 Å². The molecule has 0 radical (unpaired) electrons. The molecule has 0 aromatic carbocycles. The SMILES string of the molecule is CN1CCC(C(=O)c2ccccn2)CC1[AsH2]. The van der Waals surface area contributed by atoms with Crippen LogP contribution in [0.15, 0.2) is 24.4 Å². The summed E-state index contributed by atoms with van der Waals surface area (Å²) in [7, 11) is 2.13. The number of hydrogen-bond donors (Lipinski definition) is 0. The number of piperidine rings is 1. The Bertz CT molecular complexity index is 369. The van der Waals surface area contributed by atoms with E-state index in [0.717, 1.165) is 19.4 Å². The fourth-order valence-electron chi connectivity index (χ4n) is 2.07. The van der Waals surface area contributed by atoms with Crippen LogP contribution in [-0.4, -0.2) is 50.9 Å². The molecule has 2 rings (SSSR count). The second-order valence-electron chi connectivity index (χ2n) is 4.35. The molecule has 0 saturated carbocycles. The molecule has 16 heavy (non-hydrogen) atoms. The Kier molecular flexibility index (Phi) is 3.77. The van der Waals surface area contributed by atoms with Crippen LogP contribution in [0.2, 0.25) is 0 Å². The number of pyridine rings is 1. The summed E-state index contributed by atoms with van der Waals surface area (Å²) in [5.74, 6) is 0.388. The molecular formula is C12H17AsN2O. The van der Waals surface area contributed by atoms with Crippen LogP contribution >= 0.6 is 0 Å². The number of nitrogens with zero attached hydrogens (tertiary/aromatic N) is 2. The van der Waals surface area contributed by atoms with Gasteiger partial charge < -0.3 is 0 Å². The fourth-order valence-corrected chi connectivity index (χ4v) is 3.07. The first-order valence-corrected chi connectivity index (χ1v) is 6.99. The monoisotopic (exact) mass is 280 g/mol. The molecule has 2 heterocycles. The predicted octanol–water partition coefficient (Wildman–Crippen LogP) is 0.565. The third kappa shape index (κ3) is 2.53. The standard InChI is InChI=1S/C12H17AsN2O/c1-15-7-5-9(8-11(15)13)12(16)10-4-2-3-6-14-10/h2-4,6,9,11H,5,7-8,13H2,1H3. The molecule has 3 unspecified atom stereocenters. The Morgan fingerprint density at radius 3 is 3.00 bits per heavy atom. The third-order valence-electron chi connectivity index (χ3n) is 3.21. The fraction of sp³-hybridized carbons (Fsp3) is 0.500. The predicted molar refractivity (Wildman–Crippen MR) is 66.3 cm³/mol. The zero-order valence-electron chi connectivity index (χ0n) is 9.47. The first-order chi connectivity index (χ1) is 7.68. The van der Waals surface area contributed by atoms with Crippen molar-refractivity contribution in [3.63, 3.8) is 0 Å². The first-order valence-electron chi connectivity index (χ1n) is 5.59. The van der Waals surface area contributed by atoms with Gasteiger partial charge in [0.15, 0.2) is 0 Å². The summed E-state index contributed by atoms with van der Waals surface area (Å²) in [5.41, 5.74) is 0.622. The van der Waals surface area contributed by atoms with Gasteiger partial charge in [-0.2, -0.15) is 0 Å². The molecule has 3 nitrogen and oxygen atoms in total. The minimum absolute atomic E-state index is 0.169. The Morgan fingerprint density at radius 1 is 1.56 bits per heavy atom. The van der Waals surface area contributed by atoms with Crippen LogP contribution in [0.5, 0.6) is 0 Å². The van der Waals surface area contributed by atoms with Crippen molar-refractivity contribution in [1.29, 1.82) is 0 Å². The number of Topliss-reactive ketones (excluding diaryl/α,β-unsaturated/α-hetero) is 1. The van der Waals surface area contributed by atoms with Crippen LogP contribution in [0, 0.1) is 5.92 Å². The molecule has 1 aromatic rings. The van der Waals surface area contributed by atoms with Crippen molar-refractivity contribution in [3.05, 3.63) is 30.1 Å². The van der Waals surface area contributed by atoms with Gasteiger partial charge in [0.2, 0.25) is 0 Å². The Labute approximate surface area is 105 Å². The Hall–Kier alpha value is -0.662. The number of aromatic nitrogens is 1. The van der Waals surface area contributed by atoms with Gasteiger partial charge in [-0.3, -0.25) is 0 Å². The molecule has 86 valence electrons. The van der Waals surface area contributed by atoms with E-state index in [1.54, 1.807) is 23.0 Å². The van der Waals surface area contributed by atoms with Crippen molar-refractivity contribution >= 4 is 22.6 Å². The summed E-state index contributed by atoms with van der Waals surface area (Å²) in [5, 5.41) is 0. The average molecular weight is 280 g/mol. The van der Waals surface area contributed by atoms with E-state index in [1.807, 2.05) is 18.2 Å². The van der Waals surface area contributed by atoms with Crippen molar-refractivity contribution < 1.29 is 4.79 Å². The number of hydrogen-bond acceptors (Lipinski definition) is 3. The van der Waals surface area contributed by atoms with Gasteiger partial charge in [0.1, 0.15) is 0 Å².